The van der Waals surface area contributed by atoms with Gasteiger partial charge < -0.3 is 9.52 Å². The lowest BCUT2D eigenvalue weighted by Crippen LogP contribution is -1.94. The van der Waals surface area contributed by atoms with Crippen LogP contribution in [0.3, 0.4) is 0 Å². The lowest BCUT2D eigenvalue weighted by molar-refractivity contribution is 0.0659. The van der Waals surface area contributed by atoms with Gasteiger partial charge in [0.1, 0.15) is 5.76 Å². The number of aromatic carboxylic acids is 1. The van der Waals surface area contributed by atoms with E-state index in [2.05, 4.69) is 9.97 Å². The minimum atomic E-state index is -1.05. The molecule has 0 aliphatic rings. The molecule has 2 aromatic heterocycles. The van der Waals surface area contributed by atoms with Gasteiger partial charge >= 0.3 is 5.97 Å². The molecule has 1 N–H and O–H groups in total. The van der Waals surface area contributed by atoms with Gasteiger partial charge in [-0.1, -0.05) is 11.8 Å². The van der Waals surface area contributed by atoms with Gasteiger partial charge in [-0.2, -0.15) is 0 Å². The first kappa shape index (κ1) is 12.6. The predicted molar refractivity (Wildman–Crippen MR) is 66.7 cm³/mol. The monoisotopic (exact) mass is 264 g/mol. The first-order valence-electron chi connectivity index (χ1n) is 5.30. The number of carboxylic acids is 1. The number of carboxylic acid groups (broad SMARTS) is 1. The number of rotatable bonds is 4. The van der Waals surface area contributed by atoms with E-state index in [0.717, 1.165) is 5.56 Å². The predicted octanol–water partition coefficient (Wildman–Crippen LogP) is 2.68. The first-order chi connectivity index (χ1) is 8.56. The van der Waals surface area contributed by atoms with Crippen LogP contribution >= 0.6 is 11.8 Å². The highest BCUT2D eigenvalue weighted by Crippen LogP contribution is 2.22. The van der Waals surface area contributed by atoms with Gasteiger partial charge in [-0.05, 0) is 25.5 Å². The van der Waals surface area contributed by atoms with Crippen molar-refractivity contribution in [2.75, 3.05) is 0 Å². The Morgan fingerprint density at radius 1 is 1.39 bits per heavy atom. The number of nitrogens with zero attached hydrogens (tertiary/aromatic N) is 2. The third-order valence-electron chi connectivity index (χ3n) is 2.26. The van der Waals surface area contributed by atoms with Crippen molar-refractivity contribution < 1.29 is 14.3 Å². The van der Waals surface area contributed by atoms with Crippen LogP contribution in [-0.4, -0.2) is 21.0 Å². The molecule has 0 aromatic carbocycles. The molecule has 0 saturated carbocycles. The molecule has 5 nitrogen and oxygen atoms in total. The summed E-state index contributed by atoms with van der Waals surface area (Å²) in [6, 6.07) is 1.73. The Kier molecular flexibility index (Phi) is 3.66. The number of thioether (sulfide) groups is 1. The number of aryl methyl sites for hydroxylation is 2. The highest BCUT2D eigenvalue weighted by atomic mass is 32.2. The smallest absolute Gasteiger partial charge is 0.372 e. The summed E-state index contributed by atoms with van der Waals surface area (Å²) in [6.45, 7) is 3.63. The van der Waals surface area contributed by atoms with Gasteiger partial charge in [0.25, 0.3) is 0 Å². The molecule has 0 saturated heterocycles. The molecule has 0 fully saturated rings. The number of hydrogen-bond acceptors (Lipinski definition) is 5. The van der Waals surface area contributed by atoms with E-state index in [9.17, 15) is 4.79 Å². The first-order valence-corrected chi connectivity index (χ1v) is 6.29. The molecule has 0 bridgehead atoms. The third kappa shape index (κ3) is 2.89. The molecule has 2 heterocycles. The summed E-state index contributed by atoms with van der Waals surface area (Å²) in [6.07, 6.45) is 3.48. The highest BCUT2D eigenvalue weighted by Gasteiger charge is 2.14. The summed E-state index contributed by atoms with van der Waals surface area (Å²) >= 11 is 1.41. The summed E-state index contributed by atoms with van der Waals surface area (Å²) in [5, 5.41) is 9.51. The van der Waals surface area contributed by atoms with Gasteiger partial charge in [-0.3, -0.25) is 0 Å². The lowest BCUT2D eigenvalue weighted by Gasteiger charge is -1.97. The van der Waals surface area contributed by atoms with E-state index in [1.165, 1.54) is 11.8 Å². The Morgan fingerprint density at radius 3 is 2.61 bits per heavy atom. The second-order valence-electron chi connectivity index (χ2n) is 3.86. The fourth-order valence-corrected chi connectivity index (χ4v) is 2.09. The Labute approximate surface area is 108 Å². The Hall–Kier alpha value is -1.82. The zero-order valence-corrected chi connectivity index (χ0v) is 10.8. The summed E-state index contributed by atoms with van der Waals surface area (Å²) < 4.78 is 5.25. The van der Waals surface area contributed by atoms with Gasteiger partial charge in [0.2, 0.25) is 5.76 Å². The van der Waals surface area contributed by atoms with Crippen molar-refractivity contribution >= 4 is 17.7 Å². The molecular weight excluding hydrogens is 252 g/mol. The van der Waals surface area contributed by atoms with E-state index in [0.29, 0.717) is 22.2 Å². The van der Waals surface area contributed by atoms with Crippen LogP contribution in [0.15, 0.2) is 28.0 Å². The van der Waals surface area contributed by atoms with Gasteiger partial charge in [0, 0.05) is 18.0 Å². The molecule has 0 amide bonds. The van der Waals surface area contributed by atoms with Gasteiger partial charge in [-0.25, -0.2) is 14.8 Å². The summed E-state index contributed by atoms with van der Waals surface area (Å²) in [7, 11) is 0. The quantitative estimate of drug-likeness (QED) is 0.675. The van der Waals surface area contributed by atoms with Crippen molar-refractivity contribution in [2.24, 2.45) is 0 Å². The zero-order valence-electron chi connectivity index (χ0n) is 10.0. The average Bonchev–Trinajstić information content (AvgIpc) is 2.70. The van der Waals surface area contributed by atoms with Gasteiger partial charge in [0.15, 0.2) is 5.16 Å². The second-order valence-corrected chi connectivity index (χ2v) is 4.80. The number of carbonyl (C=O) groups is 1. The van der Waals surface area contributed by atoms with E-state index in [4.69, 9.17) is 9.52 Å². The molecule has 6 heteroatoms. The molecule has 0 atom stereocenters. The van der Waals surface area contributed by atoms with Crippen LogP contribution in [0.25, 0.3) is 0 Å². The minimum Gasteiger partial charge on any atom is -0.475 e. The summed E-state index contributed by atoms with van der Waals surface area (Å²) in [5.41, 5.74) is 1.63. The van der Waals surface area contributed by atoms with Crippen LogP contribution in [0.4, 0.5) is 0 Å². The van der Waals surface area contributed by atoms with Crippen molar-refractivity contribution in [3.8, 4) is 0 Å². The van der Waals surface area contributed by atoms with Gasteiger partial charge in [-0.15, -0.1) is 0 Å². The molecule has 2 aromatic rings. The maximum Gasteiger partial charge on any atom is 0.372 e. The van der Waals surface area contributed by atoms with Crippen molar-refractivity contribution in [2.45, 2.75) is 24.8 Å². The third-order valence-corrected chi connectivity index (χ3v) is 3.16. The number of hydrogen-bond donors (Lipinski definition) is 1. The fourth-order valence-electron chi connectivity index (χ4n) is 1.42. The number of aromatic nitrogens is 2. The van der Waals surface area contributed by atoms with Gasteiger partial charge in [0.05, 0.1) is 5.75 Å². The average molecular weight is 264 g/mol. The van der Waals surface area contributed by atoms with E-state index in [1.54, 1.807) is 25.4 Å². The van der Waals surface area contributed by atoms with Crippen molar-refractivity contribution in [3.63, 3.8) is 0 Å². The molecule has 94 valence electrons. The van der Waals surface area contributed by atoms with Crippen LogP contribution in [0, 0.1) is 13.8 Å². The fraction of sp³-hybridized carbons (Fsp3) is 0.250. The normalized spacial score (nSPS) is 10.6. The SMILES string of the molecule is Cc1cnc(SCc2cc(C)c(C(=O)O)o2)nc1. The summed E-state index contributed by atoms with van der Waals surface area (Å²) in [4.78, 5) is 19.1. The maximum atomic E-state index is 10.8. The topological polar surface area (TPSA) is 76.2 Å². The van der Waals surface area contributed by atoms with Crippen molar-refractivity contribution in [1.29, 1.82) is 0 Å². The van der Waals surface area contributed by atoms with E-state index < -0.39 is 5.97 Å². The Balaban J connectivity index is 2.04. The van der Waals surface area contributed by atoms with Crippen LogP contribution in [0.5, 0.6) is 0 Å². The molecule has 0 aliphatic heterocycles. The summed E-state index contributed by atoms with van der Waals surface area (Å²) in [5.74, 6) is 0.0711. The van der Waals surface area contributed by atoms with Crippen LogP contribution in [0.2, 0.25) is 0 Å². The van der Waals surface area contributed by atoms with E-state index in [-0.39, 0.29) is 5.76 Å². The van der Waals surface area contributed by atoms with Crippen LogP contribution in [0.1, 0.15) is 27.4 Å². The standard InChI is InChI=1S/C12H12N2O3S/c1-7-4-13-12(14-5-7)18-6-9-3-8(2)10(17-9)11(15)16/h3-5H,6H2,1-2H3,(H,15,16). The molecule has 0 spiro atoms. The molecule has 0 aliphatic carbocycles. The highest BCUT2D eigenvalue weighted by molar-refractivity contribution is 7.98. The molecule has 2 rings (SSSR count). The molecule has 0 unspecified atom stereocenters. The second kappa shape index (κ2) is 5.22. The van der Waals surface area contributed by atoms with Crippen molar-refractivity contribution in [1.82, 2.24) is 9.97 Å². The molecular formula is C12H12N2O3S. The molecule has 18 heavy (non-hydrogen) atoms. The maximum absolute atomic E-state index is 10.8. The van der Waals surface area contributed by atoms with Crippen molar-refractivity contribution in [3.05, 3.63) is 41.1 Å². The Bertz CT molecular complexity index is 563. The zero-order chi connectivity index (χ0) is 13.1. The largest absolute Gasteiger partial charge is 0.475 e. The van der Waals surface area contributed by atoms with E-state index >= 15 is 0 Å². The minimum absolute atomic E-state index is 0.00424. The lowest BCUT2D eigenvalue weighted by atomic mass is 10.3. The Morgan fingerprint density at radius 2 is 2.06 bits per heavy atom. The van der Waals surface area contributed by atoms with Crippen LogP contribution < -0.4 is 0 Å². The van der Waals surface area contributed by atoms with E-state index in [1.807, 2.05) is 6.92 Å². The number of furan rings is 1. The van der Waals surface area contributed by atoms with Crippen LogP contribution in [-0.2, 0) is 5.75 Å². The molecule has 0 radical (unpaired) electrons.